The van der Waals surface area contributed by atoms with Crippen LogP contribution in [0.2, 0.25) is 0 Å². The van der Waals surface area contributed by atoms with Crippen molar-refractivity contribution in [3.8, 4) is 0 Å². The molecular weight excluding hydrogens is 240 g/mol. The van der Waals surface area contributed by atoms with Crippen molar-refractivity contribution >= 4 is 27.2 Å². The molecule has 0 saturated carbocycles. The second-order valence-corrected chi connectivity index (χ2v) is 5.64. The van der Waals surface area contributed by atoms with Gasteiger partial charge in [0.2, 0.25) is 0 Å². The van der Waals surface area contributed by atoms with Crippen molar-refractivity contribution in [3.63, 3.8) is 0 Å². The van der Waals surface area contributed by atoms with E-state index in [4.69, 9.17) is 4.98 Å². The number of para-hydroxylation sites is 2. The van der Waals surface area contributed by atoms with Gasteiger partial charge in [0.15, 0.2) is 0 Å². The number of nitrogens with zero attached hydrogens (tertiary/aromatic N) is 1. The van der Waals surface area contributed by atoms with Gasteiger partial charge in [-0.3, -0.25) is 0 Å². The number of hydrogen-bond donors (Lipinski definition) is 1. The molecule has 88 valence electrons. The maximum absolute atomic E-state index is 4.73. The number of rotatable bonds is 1. The number of nitrogens with one attached hydrogen (secondary N) is 1. The SMILES string of the molecule is c1ccc2c(c1)CC(c1nc3ccccc3s1)N2. The lowest BCUT2D eigenvalue weighted by atomic mass is 10.1. The summed E-state index contributed by atoms with van der Waals surface area (Å²) in [6.45, 7) is 0. The molecule has 0 aliphatic carbocycles. The molecule has 1 aromatic heterocycles. The number of thiazole rings is 1. The lowest BCUT2D eigenvalue weighted by Crippen LogP contribution is -2.04. The van der Waals surface area contributed by atoms with Gasteiger partial charge in [0.25, 0.3) is 0 Å². The average Bonchev–Trinajstić information content (AvgIpc) is 3.02. The molecule has 0 amide bonds. The van der Waals surface area contributed by atoms with Gasteiger partial charge in [-0.15, -0.1) is 11.3 Å². The Morgan fingerprint density at radius 3 is 2.78 bits per heavy atom. The van der Waals surface area contributed by atoms with E-state index in [2.05, 4.69) is 47.8 Å². The van der Waals surface area contributed by atoms with Crippen LogP contribution in [-0.4, -0.2) is 4.98 Å². The average molecular weight is 252 g/mol. The van der Waals surface area contributed by atoms with Crippen molar-refractivity contribution in [2.75, 3.05) is 5.32 Å². The molecule has 1 atom stereocenters. The summed E-state index contributed by atoms with van der Waals surface area (Å²) in [7, 11) is 0. The molecule has 2 nitrogen and oxygen atoms in total. The molecule has 2 heterocycles. The Bertz CT molecular complexity index is 659. The molecule has 0 fully saturated rings. The molecule has 4 rings (SSSR count). The van der Waals surface area contributed by atoms with Gasteiger partial charge in [-0.25, -0.2) is 4.98 Å². The predicted octanol–water partition coefficient (Wildman–Crippen LogP) is 4.01. The Morgan fingerprint density at radius 2 is 1.89 bits per heavy atom. The zero-order chi connectivity index (χ0) is 11.9. The third-order valence-electron chi connectivity index (χ3n) is 3.38. The van der Waals surface area contributed by atoms with Crippen molar-refractivity contribution in [1.29, 1.82) is 0 Å². The number of aromatic nitrogens is 1. The number of anilines is 1. The van der Waals surface area contributed by atoms with Crippen molar-refractivity contribution in [3.05, 3.63) is 59.1 Å². The van der Waals surface area contributed by atoms with E-state index in [1.807, 2.05) is 6.07 Å². The maximum atomic E-state index is 4.73. The molecule has 1 unspecified atom stereocenters. The van der Waals surface area contributed by atoms with Crippen LogP contribution in [0.1, 0.15) is 16.6 Å². The minimum atomic E-state index is 0.333. The van der Waals surface area contributed by atoms with Crippen LogP contribution in [0.5, 0.6) is 0 Å². The summed E-state index contributed by atoms with van der Waals surface area (Å²) >= 11 is 1.79. The first-order valence-electron chi connectivity index (χ1n) is 6.10. The molecule has 0 saturated heterocycles. The van der Waals surface area contributed by atoms with Gasteiger partial charge >= 0.3 is 0 Å². The number of benzene rings is 2. The maximum Gasteiger partial charge on any atom is 0.116 e. The van der Waals surface area contributed by atoms with Crippen molar-refractivity contribution in [2.45, 2.75) is 12.5 Å². The van der Waals surface area contributed by atoms with Crippen LogP contribution in [0.15, 0.2) is 48.5 Å². The van der Waals surface area contributed by atoms with Crippen molar-refractivity contribution in [1.82, 2.24) is 4.98 Å². The number of fused-ring (bicyclic) bond motifs is 2. The fourth-order valence-electron chi connectivity index (χ4n) is 2.49. The van der Waals surface area contributed by atoms with Gasteiger partial charge in [0.1, 0.15) is 5.01 Å². The van der Waals surface area contributed by atoms with Crippen LogP contribution in [0.3, 0.4) is 0 Å². The quantitative estimate of drug-likeness (QED) is 0.708. The molecule has 1 N–H and O–H groups in total. The summed E-state index contributed by atoms with van der Waals surface area (Å²) in [6, 6.07) is 17.2. The van der Waals surface area contributed by atoms with Gasteiger partial charge in [0.05, 0.1) is 16.3 Å². The molecule has 0 bridgehead atoms. The highest BCUT2D eigenvalue weighted by Gasteiger charge is 2.24. The topological polar surface area (TPSA) is 24.9 Å². The second-order valence-electron chi connectivity index (χ2n) is 4.58. The van der Waals surface area contributed by atoms with Crippen LogP contribution in [0.4, 0.5) is 5.69 Å². The van der Waals surface area contributed by atoms with Gasteiger partial charge in [-0.1, -0.05) is 30.3 Å². The van der Waals surface area contributed by atoms with E-state index in [0.29, 0.717) is 6.04 Å². The predicted molar refractivity (Wildman–Crippen MR) is 76.1 cm³/mol. The Morgan fingerprint density at radius 1 is 1.06 bits per heavy atom. The molecular formula is C15H12N2S. The minimum Gasteiger partial charge on any atom is -0.375 e. The van der Waals surface area contributed by atoms with Crippen molar-refractivity contribution in [2.24, 2.45) is 0 Å². The molecule has 1 aliphatic rings. The molecule has 2 aromatic carbocycles. The normalized spacial score (nSPS) is 17.7. The van der Waals surface area contributed by atoms with Gasteiger partial charge < -0.3 is 5.32 Å². The lowest BCUT2D eigenvalue weighted by molar-refractivity contribution is 0.816. The Balaban J connectivity index is 1.73. The summed E-state index contributed by atoms with van der Waals surface area (Å²) in [5.74, 6) is 0. The second kappa shape index (κ2) is 3.82. The van der Waals surface area contributed by atoms with Crippen LogP contribution >= 0.6 is 11.3 Å². The third kappa shape index (κ3) is 1.51. The first kappa shape index (κ1) is 10.1. The first-order valence-corrected chi connectivity index (χ1v) is 6.92. The highest BCUT2D eigenvalue weighted by molar-refractivity contribution is 7.18. The Kier molecular flexibility index (Phi) is 2.14. The van der Waals surface area contributed by atoms with E-state index < -0.39 is 0 Å². The van der Waals surface area contributed by atoms with Crippen LogP contribution in [-0.2, 0) is 6.42 Å². The summed E-state index contributed by atoms with van der Waals surface area (Å²) in [6.07, 6.45) is 1.04. The standard InChI is InChI=1S/C15H12N2S/c1-2-6-11-10(5-1)9-13(16-11)15-17-12-7-3-4-8-14(12)18-15/h1-8,13,16H,9H2. The van der Waals surface area contributed by atoms with Crippen LogP contribution < -0.4 is 5.32 Å². The summed E-state index contributed by atoms with van der Waals surface area (Å²) in [5.41, 5.74) is 3.75. The molecule has 0 spiro atoms. The molecule has 3 aromatic rings. The van der Waals surface area contributed by atoms with E-state index in [0.717, 1.165) is 11.9 Å². The molecule has 3 heteroatoms. The van der Waals surface area contributed by atoms with E-state index in [-0.39, 0.29) is 0 Å². The largest absolute Gasteiger partial charge is 0.375 e. The summed E-state index contributed by atoms with van der Waals surface area (Å²) in [5, 5.41) is 4.75. The number of hydrogen-bond acceptors (Lipinski definition) is 3. The summed E-state index contributed by atoms with van der Waals surface area (Å²) < 4.78 is 1.27. The van der Waals surface area contributed by atoms with Crippen LogP contribution in [0, 0.1) is 0 Å². The third-order valence-corrected chi connectivity index (χ3v) is 4.53. The Labute approximate surface area is 109 Å². The fourth-order valence-corrected chi connectivity index (χ4v) is 3.50. The van der Waals surface area contributed by atoms with E-state index in [9.17, 15) is 0 Å². The lowest BCUT2D eigenvalue weighted by Gasteiger charge is -2.06. The molecule has 18 heavy (non-hydrogen) atoms. The first-order chi connectivity index (χ1) is 8.90. The monoisotopic (exact) mass is 252 g/mol. The van der Waals surface area contributed by atoms with E-state index in [1.165, 1.54) is 21.0 Å². The highest BCUT2D eigenvalue weighted by atomic mass is 32.1. The van der Waals surface area contributed by atoms with Gasteiger partial charge in [-0.05, 0) is 23.8 Å². The smallest absolute Gasteiger partial charge is 0.116 e. The summed E-state index contributed by atoms with van der Waals surface area (Å²) in [4.78, 5) is 4.73. The molecule has 0 radical (unpaired) electrons. The van der Waals surface area contributed by atoms with Gasteiger partial charge in [-0.2, -0.15) is 0 Å². The van der Waals surface area contributed by atoms with Crippen molar-refractivity contribution < 1.29 is 0 Å². The Hall–Kier alpha value is -1.87. The zero-order valence-corrected chi connectivity index (χ0v) is 10.6. The van der Waals surface area contributed by atoms with E-state index >= 15 is 0 Å². The minimum absolute atomic E-state index is 0.333. The molecule has 1 aliphatic heterocycles. The van der Waals surface area contributed by atoms with Gasteiger partial charge in [0, 0.05) is 12.1 Å². The fraction of sp³-hybridized carbons (Fsp3) is 0.133. The van der Waals surface area contributed by atoms with E-state index in [1.54, 1.807) is 11.3 Å². The zero-order valence-electron chi connectivity index (χ0n) is 9.76. The van der Waals surface area contributed by atoms with Crippen LogP contribution in [0.25, 0.3) is 10.2 Å². The highest BCUT2D eigenvalue weighted by Crippen LogP contribution is 2.36.